The van der Waals surface area contributed by atoms with Gasteiger partial charge in [0.2, 0.25) is 0 Å². The molecule has 3 aromatic carbocycles. The molecule has 5 nitrogen and oxygen atoms in total. The summed E-state index contributed by atoms with van der Waals surface area (Å²) in [6, 6.07) is 19.0. The first kappa shape index (κ1) is 25.5. The zero-order valence-electron chi connectivity index (χ0n) is 23.1. The zero-order valence-corrected chi connectivity index (χ0v) is 23.1. The Morgan fingerprint density at radius 1 is 0.895 bits per heavy atom. The Morgan fingerprint density at radius 3 is 2.21 bits per heavy atom. The Hall–Kier alpha value is -4.12. The summed E-state index contributed by atoms with van der Waals surface area (Å²) in [6.07, 6.45) is 1.96. The number of benzene rings is 3. The number of aryl methyl sites for hydroxylation is 4. The standard InChI is InChI=1S/C33H34N2O3/c1-19-14-20(2)16-23(15-19)35-29(26-18-34(7)27-11-9-8-10-24(26)27)28(31(37)32(35)38)30(36)25-17-22(33(4,5)6)13-12-21(25)3/h8-18,29,36H,1-7H3/b30-28+. The average Bonchev–Trinajstić information content (AvgIpc) is 3.31. The van der Waals surface area contributed by atoms with Crippen LogP contribution in [0.5, 0.6) is 0 Å². The highest BCUT2D eigenvalue weighted by Gasteiger charge is 2.48. The molecule has 5 rings (SSSR count). The van der Waals surface area contributed by atoms with E-state index in [1.165, 1.54) is 0 Å². The second kappa shape index (κ2) is 9.02. The Bertz CT molecular complexity index is 1630. The van der Waals surface area contributed by atoms with Crippen LogP contribution in [0.2, 0.25) is 0 Å². The van der Waals surface area contributed by atoms with E-state index in [1.54, 1.807) is 4.90 Å². The molecule has 1 aliphatic heterocycles. The maximum Gasteiger partial charge on any atom is 0.300 e. The van der Waals surface area contributed by atoms with Crippen LogP contribution in [0, 0.1) is 20.8 Å². The topological polar surface area (TPSA) is 62.5 Å². The van der Waals surface area contributed by atoms with Gasteiger partial charge in [-0.05, 0) is 72.7 Å². The predicted molar refractivity (Wildman–Crippen MR) is 153 cm³/mol. The molecule has 5 heteroatoms. The number of nitrogens with zero attached hydrogens (tertiary/aromatic N) is 2. The van der Waals surface area contributed by atoms with E-state index in [0.717, 1.165) is 38.7 Å². The summed E-state index contributed by atoms with van der Waals surface area (Å²) < 4.78 is 2.00. The summed E-state index contributed by atoms with van der Waals surface area (Å²) in [7, 11) is 1.95. The van der Waals surface area contributed by atoms with Crippen molar-refractivity contribution < 1.29 is 14.7 Å². The highest BCUT2D eigenvalue weighted by molar-refractivity contribution is 6.52. The van der Waals surface area contributed by atoms with Crippen molar-refractivity contribution in [1.82, 2.24) is 4.57 Å². The number of carbonyl (C=O) groups is 2. The third-order valence-corrected chi connectivity index (χ3v) is 7.51. The molecule has 1 atom stereocenters. The van der Waals surface area contributed by atoms with Crippen LogP contribution in [0.15, 0.2) is 72.4 Å². The fourth-order valence-corrected chi connectivity index (χ4v) is 5.56. The first-order chi connectivity index (χ1) is 17.9. The smallest absolute Gasteiger partial charge is 0.300 e. The van der Waals surface area contributed by atoms with Crippen LogP contribution < -0.4 is 4.90 Å². The Morgan fingerprint density at radius 2 is 1.55 bits per heavy atom. The number of anilines is 1. The molecule has 0 bridgehead atoms. The number of fused-ring (bicyclic) bond motifs is 1. The molecule has 38 heavy (non-hydrogen) atoms. The van der Waals surface area contributed by atoms with E-state index in [4.69, 9.17) is 0 Å². The third kappa shape index (κ3) is 4.12. The van der Waals surface area contributed by atoms with Gasteiger partial charge >= 0.3 is 0 Å². The number of para-hydroxylation sites is 1. The van der Waals surface area contributed by atoms with Crippen LogP contribution in [0.1, 0.15) is 60.2 Å². The van der Waals surface area contributed by atoms with Crippen LogP contribution in [-0.4, -0.2) is 21.4 Å². The third-order valence-electron chi connectivity index (χ3n) is 7.51. The lowest BCUT2D eigenvalue weighted by atomic mass is 9.84. The minimum absolute atomic E-state index is 0.111. The first-order valence-electron chi connectivity index (χ1n) is 12.9. The fraction of sp³-hybridized carbons (Fsp3) is 0.273. The average molecular weight is 507 g/mol. The Labute approximate surface area is 224 Å². The number of rotatable bonds is 3. The SMILES string of the molecule is Cc1cc(C)cc(N2C(=O)C(=O)/C(=C(/O)c3cc(C(C)(C)C)ccc3C)C2c2cn(C)c3ccccc23)c1. The Balaban J connectivity index is 1.84. The lowest BCUT2D eigenvalue weighted by Crippen LogP contribution is -2.29. The minimum Gasteiger partial charge on any atom is -0.507 e. The molecule has 194 valence electrons. The van der Waals surface area contributed by atoms with Crippen LogP contribution in [0.25, 0.3) is 16.7 Å². The molecule has 1 amide bonds. The normalized spacial score (nSPS) is 17.6. The van der Waals surface area contributed by atoms with E-state index in [2.05, 4.69) is 20.8 Å². The van der Waals surface area contributed by atoms with Gasteiger partial charge in [-0.25, -0.2) is 0 Å². The van der Waals surface area contributed by atoms with Gasteiger partial charge < -0.3 is 9.67 Å². The molecule has 0 aliphatic carbocycles. The number of ketones is 1. The van der Waals surface area contributed by atoms with Gasteiger partial charge in [0.25, 0.3) is 11.7 Å². The van der Waals surface area contributed by atoms with Crippen molar-refractivity contribution in [1.29, 1.82) is 0 Å². The summed E-state index contributed by atoms with van der Waals surface area (Å²) in [4.78, 5) is 29.1. The van der Waals surface area contributed by atoms with Gasteiger partial charge in [-0.1, -0.05) is 57.2 Å². The second-order valence-electron chi connectivity index (χ2n) is 11.5. The molecular formula is C33H34N2O3. The lowest BCUT2D eigenvalue weighted by Gasteiger charge is -2.26. The molecule has 0 spiro atoms. The van der Waals surface area contributed by atoms with Gasteiger partial charge in [0.15, 0.2) is 0 Å². The number of amides is 1. The maximum atomic E-state index is 13.8. The number of aromatic nitrogens is 1. The van der Waals surface area contributed by atoms with Crippen molar-refractivity contribution >= 4 is 34.0 Å². The highest BCUT2D eigenvalue weighted by atomic mass is 16.3. The molecule has 4 aromatic rings. The zero-order chi connectivity index (χ0) is 27.5. The van der Waals surface area contributed by atoms with E-state index >= 15 is 0 Å². The second-order valence-corrected chi connectivity index (χ2v) is 11.5. The summed E-state index contributed by atoms with van der Waals surface area (Å²) >= 11 is 0. The van der Waals surface area contributed by atoms with Crippen molar-refractivity contribution in [2.24, 2.45) is 7.05 Å². The van der Waals surface area contributed by atoms with Crippen LogP contribution in [0.4, 0.5) is 5.69 Å². The van der Waals surface area contributed by atoms with Gasteiger partial charge in [0, 0.05) is 41.0 Å². The number of Topliss-reactive ketones (excluding diaryl/α,β-unsaturated/α-hetero) is 1. The number of aliphatic hydroxyl groups excluding tert-OH is 1. The fourth-order valence-electron chi connectivity index (χ4n) is 5.56. The minimum atomic E-state index is -0.778. The largest absolute Gasteiger partial charge is 0.507 e. The van der Waals surface area contributed by atoms with Crippen molar-refractivity contribution in [2.75, 3.05) is 4.90 Å². The summed E-state index contributed by atoms with van der Waals surface area (Å²) in [5, 5.41) is 12.8. The molecule has 0 radical (unpaired) electrons. The molecule has 0 saturated carbocycles. The van der Waals surface area contributed by atoms with E-state index in [-0.39, 0.29) is 16.7 Å². The summed E-state index contributed by atoms with van der Waals surface area (Å²) in [6.45, 7) is 12.2. The molecule has 1 unspecified atom stereocenters. The van der Waals surface area contributed by atoms with Crippen molar-refractivity contribution in [2.45, 2.75) is 53.0 Å². The number of hydrogen-bond acceptors (Lipinski definition) is 3. The highest BCUT2D eigenvalue weighted by Crippen LogP contribution is 2.45. The number of hydrogen-bond donors (Lipinski definition) is 1. The van der Waals surface area contributed by atoms with E-state index in [9.17, 15) is 14.7 Å². The first-order valence-corrected chi connectivity index (χ1v) is 12.9. The monoisotopic (exact) mass is 506 g/mol. The lowest BCUT2D eigenvalue weighted by molar-refractivity contribution is -0.132. The van der Waals surface area contributed by atoms with E-state index in [1.807, 2.05) is 99.2 Å². The molecule has 2 heterocycles. The van der Waals surface area contributed by atoms with E-state index < -0.39 is 17.7 Å². The number of carbonyl (C=O) groups excluding carboxylic acids is 2. The maximum absolute atomic E-state index is 13.8. The van der Waals surface area contributed by atoms with Gasteiger partial charge in [0.05, 0.1) is 11.6 Å². The van der Waals surface area contributed by atoms with Crippen molar-refractivity contribution in [3.63, 3.8) is 0 Å². The summed E-state index contributed by atoms with van der Waals surface area (Å²) in [5.74, 6) is -1.46. The molecule has 1 aliphatic rings. The molecule has 1 aromatic heterocycles. The summed E-state index contributed by atoms with van der Waals surface area (Å²) in [5.41, 5.74) is 6.82. The van der Waals surface area contributed by atoms with Crippen LogP contribution in [-0.2, 0) is 22.1 Å². The van der Waals surface area contributed by atoms with Gasteiger partial charge in [-0.3, -0.25) is 14.5 Å². The van der Waals surface area contributed by atoms with Crippen LogP contribution in [0.3, 0.4) is 0 Å². The van der Waals surface area contributed by atoms with Crippen molar-refractivity contribution in [3.8, 4) is 0 Å². The predicted octanol–water partition coefficient (Wildman–Crippen LogP) is 7.03. The molecule has 1 N–H and O–H groups in total. The Kier molecular flexibility index (Phi) is 6.06. The number of aliphatic hydroxyl groups is 1. The van der Waals surface area contributed by atoms with Crippen LogP contribution >= 0.6 is 0 Å². The molecule has 1 saturated heterocycles. The van der Waals surface area contributed by atoms with E-state index in [0.29, 0.717) is 11.3 Å². The van der Waals surface area contributed by atoms with Crippen molar-refractivity contribution in [3.05, 3.63) is 106 Å². The molecule has 1 fully saturated rings. The molecular weight excluding hydrogens is 472 g/mol. The quantitative estimate of drug-likeness (QED) is 0.184. The van der Waals surface area contributed by atoms with Gasteiger partial charge in [0.1, 0.15) is 5.76 Å². The van der Waals surface area contributed by atoms with Gasteiger partial charge in [-0.2, -0.15) is 0 Å². The van der Waals surface area contributed by atoms with Gasteiger partial charge in [-0.15, -0.1) is 0 Å².